The Morgan fingerprint density at radius 3 is 2.70 bits per heavy atom. The van der Waals surface area contributed by atoms with Crippen molar-refractivity contribution in [3.63, 3.8) is 0 Å². The number of nitrogens with one attached hydrogen (secondary N) is 1. The van der Waals surface area contributed by atoms with Gasteiger partial charge in [-0.1, -0.05) is 25.9 Å². The lowest BCUT2D eigenvalue weighted by molar-refractivity contribution is -0.120. The predicted octanol–water partition coefficient (Wildman–Crippen LogP) is 3.25. The average molecular weight is 375 g/mol. The number of hydrogen-bond acceptors (Lipinski definition) is 5. The maximum absolute atomic E-state index is 14.0. The number of benzene rings is 1. The highest BCUT2D eigenvalue weighted by atomic mass is 19.1. The zero-order valence-electron chi connectivity index (χ0n) is 15.7. The van der Waals surface area contributed by atoms with Crippen LogP contribution in [0.4, 0.5) is 16.0 Å². The van der Waals surface area contributed by atoms with Crippen molar-refractivity contribution >= 4 is 23.4 Å². The first-order valence-electron chi connectivity index (χ1n) is 8.64. The topological polar surface area (TPSA) is 84.7 Å². The van der Waals surface area contributed by atoms with E-state index >= 15 is 0 Å². The largest absolute Gasteiger partial charge is 0.494 e. The van der Waals surface area contributed by atoms with Crippen molar-refractivity contribution in [2.45, 2.75) is 45.1 Å². The van der Waals surface area contributed by atoms with Gasteiger partial charge in [0.25, 0.3) is 0 Å². The molecule has 0 bridgehead atoms. The Kier molecular flexibility index (Phi) is 4.91. The average Bonchev–Trinajstić information content (AvgIpc) is 3.21. The molecule has 2 amide bonds. The quantitative estimate of drug-likeness (QED) is 0.887. The lowest BCUT2D eigenvalue weighted by Gasteiger charge is -2.24. The molecule has 1 aromatic heterocycles. The number of methoxy groups -OCH3 is 1. The van der Waals surface area contributed by atoms with E-state index in [4.69, 9.17) is 9.26 Å². The minimum absolute atomic E-state index is 0.0720. The second-order valence-corrected chi connectivity index (χ2v) is 7.45. The Morgan fingerprint density at radius 1 is 1.37 bits per heavy atom. The van der Waals surface area contributed by atoms with Crippen LogP contribution >= 0.6 is 0 Å². The monoisotopic (exact) mass is 375 g/mol. The number of ether oxygens (including phenoxy) is 1. The lowest BCUT2D eigenvalue weighted by atomic mass is 9.92. The summed E-state index contributed by atoms with van der Waals surface area (Å²) in [6.07, 6.45) is 0.536. The number of aromatic nitrogens is 1. The third-order valence-corrected chi connectivity index (χ3v) is 4.45. The fourth-order valence-electron chi connectivity index (χ4n) is 2.95. The molecule has 0 saturated carbocycles. The van der Waals surface area contributed by atoms with Gasteiger partial charge in [0.2, 0.25) is 17.7 Å². The molecule has 7 nitrogen and oxygen atoms in total. The zero-order chi connectivity index (χ0) is 19.8. The highest BCUT2D eigenvalue weighted by Gasteiger charge is 2.38. The molecule has 0 aliphatic carbocycles. The van der Waals surface area contributed by atoms with E-state index in [2.05, 4.69) is 10.5 Å². The van der Waals surface area contributed by atoms with Gasteiger partial charge in [-0.15, -0.1) is 0 Å². The maximum Gasteiger partial charge on any atom is 0.249 e. The van der Waals surface area contributed by atoms with E-state index in [0.717, 1.165) is 0 Å². The van der Waals surface area contributed by atoms with E-state index in [1.54, 1.807) is 12.1 Å². The van der Waals surface area contributed by atoms with Gasteiger partial charge in [0.15, 0.2) is 11.6 Å². The number of carbonyl (C=O) groups is 2. The van der Waals surface area contributed by atoms with Gasteiger partial charge in [0.05, 0.1) is 12.8 Å². The van der Waals surface area contributed by atoms with E-state index in [1.165, 1.54) is 24.1 Å². The first-order valence-corrected chi connectivity index (χ1v) is 8.64. The van der Waals surface area contributed by atoms with Crippen molar-refractivity contribution < 1.29 is 23.2 Å². The molecule has 1 fully saturated rings. The number of nitrogens with zero attached hydrogens (tertiary/aromatic N) is 2. The van der Waals surface area contributed by atoms with Crippen molar-refractivity contribution in [2.75, 3.05) is 17.3 Å². The van der Waals surface area contributed by atoms with E-state index in [0.29, 0.717) is 17.8 Å². The maximum atomic E-state index is 14.0. The molecule has 0 spiro atoms. The summed E-state index contributed by atoms with van der Waals surface area (Å²) >= 11 is 0. The molecule has 2 aromatic rings. The van der Waals surface area contributed by atoms with Crippen LogP contribution in [0.3, 0.4) is 0 Å². The zero-order valence-corrected chi connectivity index (χ0v) is 15.7. The van der Waals surface area contributed by atoms with Gasteiger partial charge < -0.3 is 9.26 Å². The van der Waals surface area contributed by atoms with E-state index in [-0.39, 0.29) is 29.4 Å². The van der Waals surface area contributed by atoms with Crippen molar-refractivity contribution in [1.29, 1.82) is 0 Å². The van der Waals surface area contributed by atoms with Crippen LogP contribution in [0.25, 0.3) is 0 Å². The second kappa shape index (κ2) is 7.02. The summed E-state index contributed by atoms with van der Waals surface area (Å²) in [5.74, 6) is -0.965. The summed E-state index contributed by atoms with van der Waals surface area (Å²) in [5, 5.41) is 6.61. The summed E-state index contributed by atoms with van der Waals surface area (Å²) in [6, 6.07) is 5.07. The van der Waals surface area contributed by atoms with E-state index < -0.39 is 17.8 Å². The summed E-state index contributed by atoms with van der Waals surface area (Å²) < 4.78 is 24.1. The molecule has 1 aromatic carbocycles. The third-order valence-electron chi connectivity index (χ3n) is 4.45. The van der Waals surface area contributed by atoms with Crippen LogP contribution in [0, 0.1) is 5.82 Å². The Balaban J connectivity index is 1.80. The normalized spacial score (nSPS) is 17.3. The van der Waals surface area contributed by atoms with Gasteiger partial charge in [-0.2, -0.15) is 0 Å². The Labute approximate surface area is 156 Å². The van der Waals surface area contributed by atoms with Gasteiger partial charge in [0, 0.05) is 29.7 Å². The van der Waals surface area contributed by atoms with Crippen LogP contribution in [-0.2, 0) is 15.0 Å². The van der Waals surface area contributed by atoms with Crippen LogP contribution in [0.1, 0.15) is 39.3 Å². The van der Waals surface area contributed by atoms with Crippen LogP contribution in [0.2, 0.25) is 0 Å². The Bertz CT molecular complexity index is 872. The fraction of sp³-hybridized carbons (Fsp3) is 0.421. The van der Waals surface area contributed by atoms with Crippen LogP contribution < -0.4 is 15.0 Å². The van der Waals surface area contributed by atoms with Crippen molar-refractivity contribution in [2.24, 2.45) is 0 Å². The summed E-state index contributed by atoms with van der Waals surface area (Å²) in [5.41, 5.74) is 0.793. The van der Waals surface area contributed by atoms with E-state index in [1.807, 2.05) is 20.8 Å². The fourth-order valence-corrected chi connectivity index (χ4v) is 2.95. The lowest BCUT2D eigenvalue weighted by Crippen LogP contribution is -2.41. The molecule has 0 unspecified atom stereocenters. The molecule has 27 heavy (non-hydrogen) atoms. The molecule has 1 N–H and O–H groups in total. The van der Waals surface area contributed by atoms with Crippen molar-refractivity contribution in [1.82, 2.24) is 5.16 Å². The van der Waals surface area contributed by atoms with Gasteiger partial charge in [-0.05, 0) is 18.6 Å². The van der Waals surface area contributed by atoms with Crippen LogP contribution in [0.15, 0.2) is 28.8 Å². The molecule has 8 heteroatoms. The number of hydrogen-bond donors (Lipinski definition) is 1. The molecular weight excluding hydrogens is 353 g/mol. The summed E-state index contributed by atoms with van der Waals surface area (Å²) in [7, 11) is 1.36. The van der Waals surface area contributed by atoms with Gasteiger partial charge in [0.1, 0.15) is 6.04 Å². The van der Waals surface area contributed by atoms with Gasteiger partial charge in [-0.25, -0.2) is 4.39 Å². The number of anilines is 2. The SMILES string of the molecule is COc1ccc(N2C(=O)CC[C@H]2C(=O)Nc2cc(C(C)(C)C)no2)cc1F. The molecular formula is C19H22FN3O4. The summed E-state index contributed by atoms with van der Waals surface area (Å²) in [4.78, 5) is 26.3. The first kappa shape index (κ1) is 18.9. The molecule has 3 rings (SSSR count). The van der Waals surface area contributed by atoms with Crippen molar-refractivity contribution in [3.05, 3.63) is 35.8 Å². The third kappa shape index (κ3) is 3.79. The standard InChI is InChI=1S/C19H22FN3O4/c1-19(2,3)15-10-16(27-22-15)21-18(25)13-6-8-17(24)23(13)11-5-7-14(26-4)12(20)9-11/h5,7,9-10,13H,6,8H2,1-4H3,(H,21,25)/t13-/m0/s1. The predicted molar refractivity (Wildman–Crippen MR) is 97.3 cm³/mol. The molecule has 0 radical (unpaired) electrons. The first-order chi connectivity index (χ1) is 12.7. The molecule has 1 atom stereocenters. The summed E-state index contributed by atoms with van der Waals surface area (Å²) in [6.45, 7) is 5.93. The highest BCUT2D eigenvalue weighted by Crippen LogP contribution is 2.31. The molecule has 1 saturated heterocycles. The van der Waals surface area contributed by atoms with Crippen molar-refractivity contribution in [3.8, 4) is 5.75 Å². The number of amides is 2. The molecule has 2 heterocycles. The Hall–Kier alpha value is -2.90. The molecule has 1 aliphatic heterocycles. The highest BCUT2D eigenvalue weighted by molar-refractivity contribution is 6.07. The number of halogens is 1. The van der Waals surface area contributed by atoms with Gasteiger partial charge in [-0.3, -0.25) is 19.8 Å². The van der Waals surface area contributed by atoms with Gasteiger partial charge >= 0.3 is 0 Å². The van der Waals surface area contributed by atoms with Crippen LogP contribution in [-0.4, -0.2) is 30.1 Å². The number of carbonyl (C=O) groups excluding carboxylic acids is 2. The number of rotatable bonds is 4. The Morgan fingerprint density at radius 2 is 2.11 bits per heavy atom. The smallest absolute Gasteiger partial charge is 0.249 e. The molecule has 144 valence electrons. The minimum Gasteiger partial charge on any atom is -0.494 e. The minimum atomic E-state index is -0.756. The van der Waals surface area contributed by atoms with Crippen LogP contribution in [0.5, 0.6) is 5.75 Å². The molecule has 1 aliphatic rings. The second-order valence-electron chi connectivity index (χ2n) is 7.45. The van der Waals surface area contributed by atoms with E-state index in [9.17, 15) is 14.0 Å².